The summed E-state index contributed by atoms with van der Waals surface area (Å²) in [6.45, 7) is 0. The molecule has 0 aliphatic heterocycles. The largest absolute Gasteiger partial charge is 0.309 e. The Hall–Kier alpha value is -8.02. The Morgan fingerprint density at radius 3 is 1.76 bits per heavy atom. The minimum absolute atomic E-state index is 0.809. The number of fused-ring (bicyclic) bond motifs is 16. The lowest BCUT2D eigenvalue weighted by atomic mass is 10.0. The topological polar surface area (TPSA) is 40.0 Å². The number of hydrogen-bond donors (Lipinski definition) is 0. The third-order valence-electron chi connectivity index (χ3n) is 12.7. The first kappa shape index (κ1) is 31.1. The van der Waals surface area contributed by atoms with Crippen LogP contribution in [0.5, 0.6) is 0 Å². The number of nitrogens with zero attached hydrogens (tertiary/aromatic N) is 5. The minimum Gasteiger partial charge on any atom is -0.309 e. The van der Waals surface area contributed by atoms with Gasteiger partial charge in [0.25, 0.3) is 0 Å². The summed E-state index contributed by atoms with van der Waals surface area (Å²) in [6, 6.07) is 67.9. The third-order valence-corrected chi connectivity index (χ3v) is 12.7. The molecule has 0 amide bonds. The standard InChI is InChI=1S/C54H31N5/c1-2-15-34(16-3-1)57-44-23-11-6-18-36(44)38-28-27-33(30-47(38)57)51-54(56-43-22-10-9-21-42(43)55-51)59-48-31-41-37-19-7-12-24-45(37)58-46-25-13-8-20-39(46)50(53(41)58)49(48)40-29-26-32-14-4-5-17-35(32)52(40)59/h1-31H. The lowest BCUT2D eigenvalue weighted by Crippen LogP contribution is -2.04. The Balaban J connectivity index is 1.19. The molecule has 9 aromatic carbocycles. The predicted molar refractivity (Wildman–Crippen MR) is 246 cm³/mol. The van der Waals surface area contributed by atoms with Gasteiger partial charge in [0, 0.05) is 59.7 Å². The van der Waals surface area contributed by atoms with Crippen molar-refractivity contribution in [1.82, 2.24) is 23.5 Å². The molecule has 0 saturated carbocycles. The predicted octanol–water partition coefficient (Wildman–Crippen LogP) is 13.8. The van der Waals surface area contributed by atoms with Gasteiger partial charge in [-0.2, -0.15) is 0 Å². The van der Waals surface area contributed by atoms with Crippen LogP contribution in [0, 0.1) is 0 Å². The summed E-state index contributed by atoms with van der Waals surface area (Å²) in [6.07, 6.45) is 0. The highest BCUT2D eigenvalue weighted by Gasteiger charge is 2.27. The van der Waals surface area contributed by atoms with Crippen LogP contribution in [0.1, 0.15) is 0 Å². The summed E-state index contributed by atoms with van der Waals surface area (Å²) in [5, 5.41) is 12.2. The Morgan fingerprint density at radius 2 is 0.949 bits per heavy atom. The van der Waals surface area contributed by atoms with Gasteiger partial charge in [0.05, 0.1) is 49.7 Å². The molecule has 5 aromatic heterocycles. The van der Waals surface area contributed by atoms with Gasteiger partial charge >= 0.3 is 0 Å². The van der Waals surface area contributed by atoms with Crippen LogP contribution in [0.4, 0.5) is 0 Å². The summed E-state index contributed by atoms with van der Waals surface area (Å²) in [5.74, 6) is 0.809. The summed E-state index contributed by atoms with van der Waals surface area (Å²) < 4.78 is 7.28. The molecule has 14 aromatic rings. The number of aromatic nitrogens is 5. The Kier molecular flexibility index (Phi) is 5.96. The van der Waals surface area contributed by atoms with E-state index in [1.807, 2.05) is 0 Å². The zero-order valence-electron chi connectivity index (χ0n) is 31.6. The highest BCUT2D eigenvalue weighted by molar-refractivity contribution is 6.37. The quantitative estimate of drug-likeness (QED) is 0.180. The van der Waals surface area contributed by atoms with Crippen molar-refractivity contribution in [3.8, 4) is 22.8 Å². The number of hydrogen-bond acceptors (Lipinski definition) is 2. The van der Waals surface area contributed by atoms with Gasteiger partial charge in [-0.1, -0.05) is 133 Å². The fourth-order valence-electron chi connectivity index (χ4n) is 10.3. The molecule has 0 radical (unpaired) electrons. The van der Waals surface area contributed by atoms with E-state index in [1.54, 1.807) is 0 Å². The molecule has 14 rings (SSSR count). The van der Waals surface area contributed by atoms with Gasteiger partial charge in [0.2, 0.25) is 0 Å². The minimum atomic E-state index is 0.809. The second-order valence-electron chi connectivity index (χ2n) is 15.7. The van der Waals surface area contributed by atoms with Crippen molar-refractivity contribution in [3.63, 3.8) is 0 Å². The zero-order valence-corrected chi connectivity index (χ0v) is 31.6. The molecule has 272 valence electrons. The molecule has 0 saturated heterocycles. The normalized spacial score (nSPS) is 12.4. The molecular formula is C54H31N5. The molecule has 0 atom stereocenters. The SMILES string of the molecule is c1ccc(-n2c3ccccc3c3ccc(-c4nc5ccccc5nc4-n4c5cc6c7ccccc7n7c8ccccc8c(c5c5ccc8ccccc8c54)c67)cc32)cc1. The fourth-order valence-corrected chi connectivity index (χ4v) is 10.3. The molecule has 0 aliphatic rings. The van der Waals surface area contributed by atoms with Gasteiger partial charge in [0.1, 0.15) is 5.69 Å². The first-order valence-corrected chi connectivity index (χ1v) is 20.2. The van der Waals surface area contributed by atoms with Gasteiger partial charge in [-0.15, -0.1) is 0 Å². The van der Waals surface area contributed by atoms with E-state index >= 15 is 0 Å². The highest BCUT2D eigenvalue weighted by atomic mass is 15.1. The maximum atomic E-state index is 5.64. The molecule has 5 nitrogen and oxygen atoms in total. The van der Waals surface area contributed by atoms with Crippen LogP contribution in [0.15, 0.2) is 188 Å². The van der Waals surface area contributed by atoms with Crippen molar-refractivity contribution in [3.05, 3.63) is 188 Å². The van der Waals surface area contributed by atoms with Crippen LogP contribution < -0.4 is 0 Å². The van der Waals surface area contributed by atoms with E-state index in [0.717, 1.165) is 50.3 Å². The van der Waals surface area contributed by atoms with E-state index in [4.69, 9.17) is 9.97 Å². The van der Waals surface area contributed by atoms with E-state index in [9.17, 15) is 0 Å². The van der Waals surface area contributed by atoms with E-state index in [0.29, 0.717) is 0 Å². The molecule has 0 bridgehead atoms. The monoisotopic (exact) mass is 749 g/mol. The number of rotatable bonds is 3. The summed E-state index contributed by atoms with van der Waals surface area (Å²) >= 11 is 0. The first-order valence-electron chi connectivity index (χ1n) is 20.2. The highest BCUT2D eigenvalue weighted by Crippen LogP contribution is 2.48. The molecular weight excluding hydrogens is 719 g/mol. The molecule has 0 N–H and O–H groups in total. The zero-order chi connectivity index (χ0) is 38.3. The first-order chi connectivity index (χ1) is 29.3. The van der Waals surface area contributed by atoms with Crippen molar-refractivity contribution >= 4 is 104 Å². The lowest BCUT2D eigenvalue weighted by molar-refractivity contribution is 1.08. The van der Waals surface area contributed by atoms with Crippen LogP contribution in [0.2, 0.25) is 0 Å². The van der Waals surface area contributed by atoms with Crippen molar-refractivity contribution < 1.29 is 0 Å². The lowest BCUT2D eigenvalue weighted by Gasteiger charge is -2.15. The van der Waals surface area contributed by atoms with Gasteiger partial charge in [-0.05, 0) is 60.0 Å². The van der Waals surface area contributed by atoms with E-state index in [1.165, 1.54) is 75.9 Å². The van der Waals surface area contributed by atoms with E-state index < -0.39 is 0 Å². The molecule has 5 heterocycles. The van der Waals surface area contributed by atoms with Crippen LogP contribution in [-0.4, -0.2) is 23.5 Å². The second kappa shape index (κ2) is 11.3. The third kappa shape index (κ3) is 4.03. The Bertz CT molecular complexity index is 4070. The average molecular weight is 750 g/mol. The average Bonchev–Trinajstić information content (AvgIpc) is 4.02. The van der Waals surface area contributed by atoms with Crippen molar-refractivity contribution in [1.29, 1.82) is 0 Å². The van der Waals surface area contributed by atoms with Crippen molar-refractivity contribution in [2.45, 2.75) is 0 Å². The molecule has 0 aliphatic carbocycles. The maximum absolute atomic E-state index is 5.64. The molecule has 5 heteroatoms. The smallest absolute Gasteiger partial charge is 0.165 e. The van der Waals surface area contributed by atoms with E-state index in [-0.39, 0.29) is 0 Å². The van der Waals surface area contributed by atoms with Crippen LogP contribution in [-0.2, 0) is 0 Å². The van der Waals surface area contributed by atoms with Gasteiger partial charge in [0.15, 0.2) is 5.82 Å². The molecule has 0 spiro atoms. The van der Waals surface area contributed by atoms with Crippen molar-refractivity contribution in [2.24, 2.45) is 0 Å². The van der Waals surface area contributed by atoms with E-state index in [2.05, 4.69) is 202 Å². The number of para-hydroxylation sites is 6. The number of benzene rings is 9. The summed E-state index contributed by atoms with van der Waals surface area (Å²) in [7, 11) is 0. The molecule has 59 heavy (non-hydrogen) atoms. The van der Waals surface area contributed by atoms with Crippen LogP contribution in [0.3, 0.4) is 0 Å². The molecule has 0 fully saturated rings. The summed E-state index contributed by atoms with van der Waals surface area (Å²) in [5.41, 5.74) is 12.9. The van der Waals surface area contributed by atoms with Gasteiger partial charge in [-0.25, -0.2) is 9.97 Å². The second-order valence-corrected chi connectivity index (χ2v) is 15.7. The Morgan fingerprint density at radius 1 is 0.339 bits per heavy atom. The van der Waals surface area contributed by atoms with Gasteiger partial charge in [-0.3, -0.25) is 4.57 Å². The maximum Gasteiger partial charge on any atom is 0.165 e. The Labute approximate surface area is 336 Å². The van der Waals surface area contributed by atoms with Crippen LogP contribution >= 0.6 is 0 Å². The van der Waals surface area contributed by atoms with Gasteiger partial charge < -0.3 is 8.97 Å². The van der Waals surface area contributed by atoms with Crippen LogP contribution in [0.25, 0.3) is 126 Å². The summed E-state index contributed by atoms with van der Waals surface area (Å²) in [4.78, 5) is 11.2. The fraction of sp³-hybridized carbons (Fsp3) is 0. The van der Waals surface area contributed by atoms with Crippen molar-refractivity contribution in [2.75, 3.05) is 0 Å². The molecule has 0 unspecified atom stereocenters.